The lowest BCUT2D eigenvalue weighted by molar-refractivity contribution is -0.163. The van der Waals surface area contributed by atoms with Crippen molar-refractivity contribution in [1.29, 1.82) is 0 Å². The molecule has 1 aromatic heterocycles. The minimum absolute atomic E-state index is 0.0991. The molecular weight excluding hydrogens is 308 g/mol. The molecule has 2 atom stereocenters. The zero-order valence-electron chi connectivity index (χ0n) is 14.9. The average molecular weight is 336 g/mol. The standard InChI is InChI=1S/C17H28N4O3/c1-4-17(10-24-11-17)15(22)18-13-8-6-5-7-12(13)9-14-19-21(3)16(23)20(14)2/h12-13H,4-11H2,1-3H3,(H,18,22)/t12-,13-/m1/s1. The van der Waals surface area contributed by atoms with Crippen LogP contribution in [0.15, 0.2) is 4.79 Å². The van der Waals surface area contributed by atoms with Crippen LogP contribution in [0.3, 0.4) is 0 Å². The number of hydrogen-bond acceptors (Lipinski definition) is 4. The van der Waals surface area contributed by atoms with Crippen molar-refractivity contribution in [2.24, 2.45) is 25.4 Å². The molecule has 1 N–H and O–H groups in total. The zero-order chi connectivity index (χ0) is 17.3. The summed E-state index contributed by atoms with van der Waals surface area (Å²) in [6.07, 6.45) is 5.90. The molecule has 1 amide bonds. The summed E-state index contributed by atoms with van der Waals surface area (Å²) >= 11 is 0. The van der Waals surface area contributed by atoms with Gasteiger partial charge in [0.25, 0.3) is 0 Å². The van der Waals surface area contributed by atoms with E-state index in [0.29, 0.717) is 19.1 Å². The van der Waals surface area contributed by atoms with E-state index in [1.165, 1.54) is 11.1 Å². The molecule has 0 aromatic carbocycles. The first kappa shape index (κ1) is 17.2. The smallest absolute Gasteiger partial charge is 0.345 e. The van der Waals surface area contributed by atoms with Crippen molar-refractivity contribution < 1.29 is 9.53 Å². The molecule has 1 aliphatic carbocycles. The molecule has 1 saturated carbocycles. The number of aromatic nitrogens is 3. The van der Waals surface area contributed by atoms with E-state index in [1.807, 2.05) is 6.92 Å². The van der Waals surface area contributed by atoms with Gasteiger partial charge in [-0.3, -0.25) is 9.36 Å². The van der Waals surface area contributed by atoms with Crippen LogP contribution in [0.2, 0.25) is 0 Å². The van der Waals surface area contributed by atoms with Crippen molar-refractivity contribution in [2.75, 3.05) is 13.2 Å². The fourth-order valence-corrected chi connectivity index (χ4v) is 3.83. The second kappa shape index (κ2) is 6.70. The molecule has 1 aromatic rings. The van der Waals surface area contributed by atoms with Crippen LogP contribution in [-0.2, 0) is 30.0 Å². The normalized spacial score (nSPS) is 26.0. The van der Waals surface area contributed by atoms with Crippen molar-refractivity contribution in [2.45, 2.75) is 51.5 Å². The summed E-state index contributed by atoms with van der Waals surface area (Å²) in [7, 11) is 3.44. The van der Waals surface area contributed by atoms with Gasteiger partial charge in [0.2, 0.25) is 5.91 Å². The summed E-state index contributed by atoms with van der Waals surface area (Å²) in [5, 5.41) is 7.63. The van der Waals surface area contributed by atoms with Crippen LogP contribution in [0, 0.1) is 11.3 Å². The molecule has 1 saturated heterocycles. The molecule has 3 rings (SSSR count). The minimum Gasteiger partial charge on any atom is -0.379 e. The number of nitrogens with one attached hydrogen (secondary N) is 1. The molecule has 0 unspecified atom stereocenters. The first-order valence-electron chi connectivity index (χ1n) is 8.94. The van der Waals surface area contributed by atoms with E-state index in [1.54, 1.807) is 18.7 Å². The summed E-state index contributed by atoms with van der Waals surface area (Å²) in [4.78, 5) is 24.6. The van der Waals surface area contributed by atoms with E-state index in [-0.39, 0.29) is 23.1 Å². The van der Waals surface area contributed by atoms with E-state index in [0.717, 1.165) is 37.9 Å². The molecule has 0 spiro atoms. The second-order valence-electron chi connectivity index (χ2n) is 7.34. The number of carbonyl (C=O) groups is 1. The van der Waals surface area contributed by atoms with E-state index in [2.05, 4.69) is 10.4 Å². The highest BCUT2D eigenvalue weighted by Gasteiger charge is 2.45. The van der Waals surface area contributed by atoms with E-state index in [4.69, 9.17) is 4.74 Å². The van der Waals surface area contributed by atoms with E-state index >= 15 is 0 Å². The number of carbonyl (C=O) groups excluding carboxylic acids is 1. The number of rotatable bonds is 5. The van der Waals surface area contributed by atoms with Gasteiger partial charge in [0.15, 0.2) is 0 Å². The van der Waals surface area contributed by atoms with Gasteiger partial charge in [-0.1, -0.05) is 19.8 Å². The predicted molar refractivity (Wildman–Crippen MR) is 89.6 cm³/mol. The van der Waals surface area contributed by atoms with E-state index < -0.39 is 0 Å². The Hall–Kier alpha value is -1.63. The Labute approximate surface area is 142 Å². The lowest BCUT2D eigenvalue weighted by Gasteiger charge is -2.41. The second-order valence-corrected chi connectivity index (χ2v) is 7.34. The van der Waals surface area contributed by atoms with Crippen LogP contribution in [0.4, 0.5) is 0 Å². The number of aryl methyl sites for hydroxylation is 1. The van der Waals surface area contributed by atoms with Crippen LogP contribution >= 0.6 is 0 Å². The number of amides is 1. The Bertz CT molecular complexity index is 654. The van der Waals surface area contributed by atoms with Crippen LogP contribution in [0.25, 0.3) is 0 Å². The van der Waals surface area contributed by atoms with Crippen molar-refractivity contribution in [3.05, 3.63) is 16.3 Å². The third kappa shape index (κ3) is 3.01. The topological polar surface area (TPSA) is 78.2 Å². The summed E-state index contributed by atoms with van der Waals surface area (Å²) in [5.74, 6) is 1.26. The minimum atomic E-state index is -0.333. The first-order valence-corrected chi connectivity index (χ1v) is 8.94. The van der Waals surface area contributed by atoms with Gasteiger partial charge in [-0.15, -0.1) is 0 Å². The Morgan fingerprint density at radius 2 is 2.04 bits per heavy atom. The van der Waals surface area contributed by atoms with Gasteiger partial charge in [-0.25, -0.2) is 9.48 Å². The van der Waals surface area contributed by atoms with Crippen molar-refractivity contribution in [3.8, 4) is 0 Å². The fourth-order valence-electron chi connectivity index (χ4n) is 3.83. The highest BCUT2D eigenvalue weighted by Crippen LogP contribution is 2.33. The third-order valence-corrected chi connectivity index (χ3v) is 5.80. The van der Waals surface area contributed by atoms with Gasteiger partial charge >= 0.3 is 5.69 Å². The third-order valence-electron chi connectivity index (χ3n) is 5.80. The van der Waals surface area contributed by atoms with E-state index in [9.17, 15) is 9.59 Å². The number of nitrogens with zero attached hydrogens (tertiary/aromatic N) is 3. The van der Waals surface area contributed by atoms with Crippen LogP contribution in [-0.4, -0.2) is 39.5 Å². The summed E-state index contributed by atoms with van der Waals surface area (Å²) in [5.41, 5.74) is -0.433. The zero-order valence-corrected chi connectivity index (χ0v) is 14.9. The molecule has 2 heterocycles. The molecule has 0 bridgehead atoms. The number of hydrogen-bond donors (Lipinski definition) is 1. The van der Waals surface area contributed by atoms with Gasteiger partial charge in [0.1, 0.15) is 5.82 Å². The Balaban J connectivity index is 1.70. The highest BCUT2D eigenvalue weighted by molar-refractivity contribution is 5.84. The van der Waals surface area contributed by atoms with Crippen LogP contribution in [0.1, 0.15) is 44.9 Å². The summed E-state index contributed by atoms with van der Waals surface area (Å²) < 4.78 is 8.27. The first-order chi connectivity index (χ1) is 11.5. The van der Waals surface area contributed by atoms with Gasteiger partial charge < -0.3 is 10.1 Å². The predicted octanol–water partition coefficient (Wildman–Crippen LogP) is 0.763. The molecule has 0 radical (unpaired) electrons. The Morgan fingerprint density at radius 3 is 2.58 bits per heavy atom. The van der Waals surface area contributed by atoms with Crippen molar-refractivity contribution in [1.82, 2.24) is 19.7 Å². The summed E-state index contributed by atoms with van der Waals surface area (Å²) in [6.45, 7) is 3.10. The summed E-state index contributed by atoms with van der Waals surface area (Å²) in [6, 6.07) is 0.160. The molecule has 2 aliphatic rings. The molecule has 24 heavy (non-hydrogen) atoms. The van der Waals surface area contributed by atoms with Gasteiger partial charge in [0, 0.05) is 26.6 Å². The van der Waals surface area contributed by atoms with Gasteiger partial charge in [-0.05, 0) is 25.2 Å². The maximum atomic E-state index is 12.7. The average Bonchev–Trinajstić information content (AvgIpc) is 2.76. The molecule has 2 fully saturated rings. The quantitative estimate of drug-likeness (QED) is 0.861. The SMILES string of the molecule is CCC1(C(=O)N[C@@H]2CCCC[C@@H]2Cc2nn(C)c(=O)n2C)COC1. The maximum Gasteiger partial charge on any atom is 0.345 e. The molecule has 7 nitrogen and oxygen atoms in total. The molecule has 7 heteroatoms. The maximum absolute atomic E-state index is 12.7. The fraction of sp³-hybridized carbons (Fsp3) is 0.824. The van der Waals surface area contributed by atoms with Gasteiger partial charge in [0.05, 0.1) is 18.6 Å². The largest absolute Gasteiger partial charge is 0.379 e. The monoisotopic (exact) mass is 336 g/mol. The van der Waals surface area contributed by atoms with Crippen LogP contribution in [0.5, 0.6) is 0 Å². The molecular formula is C17H28N4O3. The highest BCUT2D eigenvalue weighted by atomic mass is 16.5. The number of ether oxygens (including phenoxy) is 1. The van der Waals surface area contributed by atoms with Crippen LogP contribution < -0.4 is 11.0 Å². The lowest BCUT2D eigenvalue weighted by Crippen LogP contribution is -2.57. The van der Waals surface area contributed by atoms with Gasteiger partial charge in [-0.2, -0.15) is 5.10 Å². The lowest BCUT2D eigenvalue weighted by atomic mass is 9.79. The molecule has 134 valence electrons. The van der Waals surface area contributed by atoms with Crippen molar-refractivity contribution in [3.63, 3.8) is 0 Å². The Kier molecular flexibility index (Phi) is 4.80. The Morgan fingerprint density at radius 1 is 1.33 bits per heavy atom. The van der Waals surface area contributed by atoms with Crippen molar-refractivity contribution >= 4 is 5.91 Å². The molecule has 1 aliphatic heterocycles.